The smallest absolute Gasteiger partial charge is 0.241 e. The molecule has 4 rings (SSSR count). The first kappa shape index (κ1) is 17.1. The highest BCUT2D eigenvalue weighted by atomic mass is 35.5. The lowest BCUT2D eigenvalue weighted by molar-refractivity contribution is -0.121. The summed E-state index contributed by atoms with van der Waals surface area (Å²) in [6.07, 6.45) is 0. The fourth-order valence-electron chi connectivity index (χ4n) is 3.79. The third kappa shape index (κ3) is 2.45. The number of fused-ring (bicyclic) bond motifs is 3. The molecule has 26 heavy (non-hydrogen) atoms. The summed E-state index contributed by atoms with van der Waals surface area (Å²) in [6, 6.07) is 21.1. The van der Waals surface area contributed by atoms with Gasteiger partial charge in [0.1, 0.15) is 0 Å². The molecular formula is C22H17Cl2NO. The van der Waals surface area contributed by atoms with Crippen LogP contribution in [0.5, 0.6) is 0 Å². The van der Waals surface area contributed by atoms with Gasteiger partial charge in [-0.2, -0.15) is 0 Å². The molecule has 1 amide bonds. The van der Waals surface area contributed by atoms with Crippen LogP contribution in [0.15, 0.2) is 66.7 Å². The van der Waals surface area contributed by atoms with E-state index in [-0.39, 0.29) is 5.91 Å². The van der Waals surface area contributed by atoms with Gasteiger partial charge in [0.25, 0.3) is 0 Å². The van der Waals surface area contributed by atoms with Crippen molar-refractivity contribution in [2.75, 3.05) is 11.9 Å². The Kier molecular flexibility index (Phi) is 4.06. The van der Waals surface area contributed by atoms with E-state index < -0.39 is 5.41 Å². The summed E-state index contributed by atoms with van der Waals surface area (Å²) in [5.41, 5.74) is 3.83. The molecule has 0 saturated heterocycles. The molecule has 0 unspecified atom stereocenters. The minimum Gasteiger partial charge on any atom is -0.314 e. The normalized spacial score (nSPS) is 18.9. The maximum Gasteiger partial charge on any atom is 0.241 e. The monoisotopic (exact) mass is 381 g/mol. The van der Waals surface area contributed by atoms with Crippen molar-refractivity contribution in [1.29, 1.82) is 0 Å². The number of rotatable bonds is 1. The molecule has 0 aromatic heterocycles. The summed E-state index contributed by atoms with van der Waals surface area (Å²) in [5, 5.41) is 1.29. The second kappa shape index (κ2) is 6.15. The topological polar surface area (TPSA) is 20.3 Å². The highest BCUT2D eigenvalue weighted by molar-refractivity contribution is 6.31. The Labute approximate surface area is 163 Å². The standard InChI is InChI=1S/C22H17Cl2NO/c1-22(14-7-9-15(23)10-8-14)19-12-11-16(24)13-18(19)17-5-3-4-6-20(17)25(2)21(22)26/h3-13H,1-2H3/t22-/m0/s1. The molecule has 0 saturated carbocycles. The number of amides is 1. The van der Waals surface area contributed by atoms with Crippen molar-refractivity contribution in [2.45, 2.75) is 12.3 Å². The number of halogens is 2. The van der Waals surface area contributed by atoms with Crippen LogP contribution in [0.3, 0.4) is 0 Å². The summed E-state index contributed by atoms with van der Waals surface area (Å²) < 4.78 is 0. The highest BCUT2D eigenvalue weighted by Crippen LogP contribution is 2.46. The number of carbonyl (C=O) groups is 1. The molecule has 0 N–H and O–H groups in total. The molecule has 3 aromatic rings. The fraction of sp³-hybridized carbons (Fsp3) is 0.136. The van der Waals surface area contributed by atoms with Gasteiger partial charge in [0, 0.05) is 22.7 Å². The minimum atomic E-state index is -0.849. The third-order valence-electron chi connectivity index (χ3n) is 5.23. The quantitative estimate of drug-likeness (QED) is 0.510. The van der Waals surface area contributed by atoms with Crippen LogP contribution in [0.2, 0.25) is 10.0 Å². The second-order valence-electron chi connectivity index (χ2n) is 6.70. The van der Waals surface area contributed by atoms with Crippen LogP contribution in [0.1, 0.15) is 18.1 Å². The van der Waals surface area contributed by atoms with E-state index in [9.17, 15) is 4.79 Å². The number of hydrogen-bond acceptors (Lipinski definition) is 1. The van der Waals surface area contributed by atoms with Crippen molar-refractivity contribution >= 4 is 34.8 Å². The van der Waals surface area contributed by atoms with E-state index in [1.807, 2.05) is 80.7 Å². The molecule has 0 aliphatic carbocycles. The van der Waals surface area contributed by atoms with E-state index in [0.717, 1.165) is 27.9 Å². The van der Waals surface area contributed by atoms with Crippen molar-refractivity contribution in [3.8, 4) is 11.1 Å². The van der Waals surface area contributed by atoms with E-state index in [2.05, 4.69) is 0 Å². The fourth-order valence-corrected chi connectivity index (χ4v) is 4.09. The first-order valence-corrected chi connectivity index (χ1v) is 9.12. The molecule has 0 spiro atoms. The Morgan fingerprint density at radius 1 is 0.846 bits per heavy atom. The summed E-state index contributed by atoms with van der Waals surface area (Å²) in [7, 11) is 1.82. The van der Waals surface area contributed by atoms with E-state index in [4.69, 9.17) is 23.2 Å². The molecule has 130 valence electrons. The number of anilines is 1. The lowest BCUT2D eigenvalue weighted by Crippen LogP contribution is -2.43. The average molecular weight is 382 g/mol. The molecule has 1 atom stereocenters. The number of likely N-dealkylation sites (N-methyl/N-ethyl adjacent to an activating group) is 1. The predicted molar refractivity (Wildman–Crippen MR) is 108 cm³/mol. The molecule has 1 aliphatic rings. The first-order chi connectivity index (χ1) is 12.4. The van der Waals surface area contributed by atoms with Gasteiger partial charge in [-0.25, -0.2) is 0 Å². The van der Waals surface area contributed by atoms with Crippen molar-refractivity contribution in [2.24, 2.45) is 0 Å². The molecule has 1 aliphatic heterocycles. The van der Waals surface area contributed by atoms with Crippen LogP contribution in [0, 0.1) is 0 Å². The van der Waals surface area contributed by atoms with Crippen molar-refractivity contribution in [3.05, 3.63) is 87.9 Å². The Balaban J connectivity index is 2.09. The van der Waals surface area contributed by atoms with Gasteiger partial charge in [-0.15, -0.1) is 0 Å². The maximum absolute atomic E-state index is 13.6. The second-order valence-corrected chi connectivity index (χ2v) is 7.58. The van der Waals surface area contributed by atoms with Crippen molar-refractivity contribution in [1.82, 2.24) is 0 Å². The van der Waals surface area contributed by atoms with Gasteiger partial charge in [-0.05, 0) is 53.9 Å². The molecule has 0 bridgehead atoms. The molecule has 3 aromatic carbocycles. The van der Waals surface area contributed by atoms with Crippen LogP contribution in [-0.4, -0.2) is 13.0 Å². The number of benzene rings is 3. The first-order valence-electron chi connectivity index (χ1n) is 8.36. The number of carbonyl (C=O) groups excluding carboxylic acids is 1. The molecular weight excluding hydrogens is 365 g/mol. The summed E-state index contributed by atoms with van der Waals surface area (Å²) >= 11 is 12.4. The zero-order valence-corrected chi connectivity index (χ0v) is 16.0. The van der Waals surface area contributed by atoms with E-state index in [1.165, 1.54) is 0 Å². The van der Waals surface area contributed by atoms with Crippen LogP contribution >= 0.6 is 23.2 Å². The number of nitrogens with zero attached hydrogens (tertiary/aromatic N) is 1. The number of hydrogen-bond donors (Lipinski definition) is 0. The summed E-state index contributed by atoms with van der Waals surface area (Å²) in [5.74, 6) is 0.00773. The zero-order chi connectivity index (χ0) is 18.5. The molecule has 2 nitrogen and oxygen atoms in total. The minimum absolute atomic E-state index is 0.00773. The van der Waals surface area contributed by atoms with Gasteiger partial charge in [0.15, 0.2) is 0 Å². The summed E-state index contributed by atoms with van der Waals surface area (Å²) in [4.78, 5) is 15.4. The van der Waals surface area contributed by atoms with Crippen LogP contribution in [0.25, 0.3) is 11.1 Å². The van der Waals surface area contributed by atoms with Gasteiger partial charge >= 0.3 is 0 Å². The summed E-state index contributed by atoms with van der Waals surface area (Å²) in [6.45, 7) is 1.97. The third-order valence-corrected chi connectivity index (χ3v) is 5.72. The molecule has 0 radical (unpaired) electrons. The highest BCUT2D eigenvalue weighted by Gasteiger charge is 2.43. The maximum atomic E-state index is 13.6. The Morgan fingerprint density at radius 2 is 1.50 bits per heavy atom. The zero-order valence-electron chi connectivity index (χ0n) is 14.5. The van der Waals surface area contributed by atoms with Crippen LogP contribution < -0.4 is 4.90 Å². The molecule has 0 fully saturated rings. The van der Waals surface area contributed by atoms with Gasteiger partial charge in [0.2, 0.25) is 5.91 Å². The Bertz CT molecular complexity index is 1010. The molecule has 4 heteroatoms. The lowest BCUT2D eigenvalue weighted by atomic mass is 9.73. The van der Waals surface area contributed by atoms with Gasteiger partial charge in [-0.1, -0.05) is 59.6 Å². The van der Waals surface area contributed by atoms with Gasteiger partial charge < -0.3 is 4.90 Å². The SMILES string of the molecule is CN1C(=O)[C@@](C)(c2ccc(Cl)cc2)c2ccc(Cl)cc2-c2ccccc21. The largest absolute Gasteiger partial charge is 0.314 e. The lowest BCUT2D eigenvalue weighted by Gasteiger charge is -2.32. The van der Waals surface area contributed by atoms with E-state index in [0.29, 0.717) is 10.0 Å². The molecule has 1 heterocycles. The van der Waals surface area contributed by atoms with Crippen molar-refractivity contribution in [3.63, 3.8) is 0 Å². The van der Waals surface area contributed by atoms with Crippen LogP contribution in [0.4, 0.5) is 5.69 Å². The Morgan fingerprint density at radius 3 is 2.23 bits per heavy atom. The van der Waals surface area contributed by atoms with Crippen molar-refractivity contribution < 1.29 is 4.79 Å². The van der Waals surface area contributed by atoms with Gasteiger partial charge in [-0.3, -0.25) is 4.79 Å². The van der Waals surface area contributed by atoms with Gasteiger partial charge in [0.05, 0.1) is 11.1 Å². The predicted octanol–water partition coefficient (Wildman–Crippen LogP) is 5.94. The number of para-hydroxylation sites is 1. The Hall–Kier alpha value is -2.29. The van der Waals surface area contributed by atoms with Crippen LogP contribution in [-0.2, 0) is 10.2 Å². The average Bonchev–Trinajstić information content (AvgIpc) is 2.72. The van der Waals surface area contributed by atoms with E-state index in [1.54, 1.807) is 4.90 Å². The van der Waals surface area contributed by atoms with E-state index >= 15 is 0 Å².